The molecule has 142 valence electrons. The Hall–Kier alpha value is -2.87. The molecule has 0 radical (unpaired) electrons. The van der Waals surface area contributed by atoms with Crippen molar-refractivity contribution in [3.8, 4) is 11.5 Å². The summed E-state index contributed by atoms with van der Waals surface area (Å²) in [5, 5.41) is 0.288. The van der Waals surface area contributed by atoms with E-state index in [0.29, 0.717) is 34.9 Å². The number of hydrogen-bond donors (Lipinski definition) is 1. The molecule has 0 aliphatic rings. The van der Waals surface area contributed by atoms with Gasteiger partial charge in [-0.1, -0.05) is 25.4 Å². The maximum atomic E-state index is 12.8. The lowest BCUT2D eigenvalue weighted by molar-refractivity contribution is 0.352. The highest BCUT2D eigenvalue weighted by Gasteiger charge is 2.18. The SMILES string of the molecule is COc1cnc(Cn2cc(C(C)C)c(=O)c3c(Cl)nc(N)nc32)cc1OC. The van der Waals surface area contributed by atoms with E-state index in [1.165, 1.54) is 0 Å². The monoisotopic (exact) mass is 389 g/mol. The summed E-state index contributed by atoms with van der Waals surface area (Å²) in [5.41, 5.74) is 7.22. The van der Waals surface area contributed by atoms with Crippen molar-refractivity contribution >= 4 is 28.6 Å². The number of anilines is 1. The summed E-state index contributed by atoms with van der Waals surface area (Å²) >= 11 is 6.21. The smallest absolute Gasteiger partial charge is 0.223 e. The zero-order chi connectivity index (χ0) is 19.7. The fraction of sp³-hybridized carbons (Fsp3) is 0.333. The average Bonchev–Trinajstić information content (AvgIpc) is 2.62. The van der Waals surface area contributed by atoms with E-state index in [9.17, 15) is 4.79 Å². The van der Waals surface area contributed by atoms with Crippen LogP contribution in [-0.4, -0.2) is 33.7 Å². The zero-order valence-corrected chi connectivity index (χ0v) is 16.2. The van der Waals surface area contributed by atoms with Crippen molar-refractivity contribution in [3.63, 3.8) is 0 Å². The Kier molecular flexibility index (Phi) is 5.18. The second-order valence-corrected chi connectivity index (χ2v) is 6.66. The molecule has 0 saturated heterocycles. The molecule has 2 N–H and O–H groups in total. The number of ether oxygens (including phenoxy) is 2. The van der Waals surface area contributed by atoms with E-state index >= 15 is 0 Å². The van der Waals surface area contributed by atoms with E-state index in [4.69, 9.17) is 26.8 Å². The number of rotatable bonds is 5. The minimum absolute atomic E-state index is 0.000123. The average molecular weight is 390 g/mol. The molecule has 0 spiro atoms. The van der Waals surface area contributed by atoms with Crippen LogP contribution < -0.4 is 20.6 Å². The fourth-order valence-electron chi connectivity index (χ4n) is 2.84. The third-order valence-corrected chi connectivity index (χ3v) is 4.48. The quantitative estimate of drug-likeness (QED) is 0.668. The molecular weight excluding hydrogens is 370 g/mol. The predicted octanol–water partition coefficient (Wildman–Crippen LogP) is 2.61. The molecule has 3 rings (SSSR count). The van der Waals surface area contributed by atoms with Gasteiger partial charge in [0.25, 0.3) is 0 Å². The molecule has 0 fully saturated rings. The molecule has 0 aliphatic carbocycles. The van der Waals surface area contributed by atoms with E-state index in [0.717, 1.165) is 0 Å². The minimum atomic E-state index is -0.193. The lowest BCUT2D eigenvalue weighted by atomic mass is 10.0. The van der Waals surface area contributed by atoms with Crippen LogP contribution in [0, 0.1) is 0 Å². The molecule has 0 saturated carbocycles. The molecule has 0 aliphatic heterocycles. The Morgan fingerprint density at radius 1 is 1.22 bits per heavy atom. The van der Waals surface area contributed by atoms with Gasteiger partial charge < -0.3 is 19.8 Å². The first-order valence-corrected chi connectivity index (χ1v) is 8.66. The van der Waals surface area contributed by atoms with Gasteiger partial charge in [0, 0.05) is 17.8 Å². The van der Waals surface area contributed by atoms with Crippen LogP contribution in [-0.2, 0) is 6.54 Å². The van der Waals surface area contributed by atoms with Crippen LogP contribution in [0.5, 0.6) is 11.5 Å². The Labute approximate surface area is 160 Å². The van der Waals surface area contributed by atoms with E-state index in [-0.39, 0.29) is 27.8 Å². The van der Waals surface area contributed by atoms with Crippen LogP contribution in [0.2, 0.25) is 5.15 Å². The first kappa shape index (κ1) is 18.9. The minimum Gasteiger partial charge on any atom is -0.493 e. The number of methoxy groups -OCH3 is 2. The summed E-state index contributed by atoms with van der Waals surface area (Å²) in [5.74, 6) is 1.09. The number of aromatic nitrogens is 4. The second kappa shape index (κ2) is 7.40. The van der Waals surface area contributed by atoms with Gasteiger partial charge in [-0.25, -0.2) is 4.98 Å². The zero-order valence-electron chi connectivity index (χ0n) is 15.5. The Balaban J connectivity index is 2.22. The van der Waals surface area contributed by atoms with Gasteiger partial charge in [-0.3, -0.25) is 9.78 Å². The fourth-order valence-corrected chi connectivity index (χ4v) is 3.10. The van der Waals surface area contributed by atoms with E-state index in [1.807, 2.05) is 13.8 Å². The molecule has 0 bridgehead atoms. The molecule has 27 heavy (non-hydrogen) atoms. The van der Waals surface area contributed by atoms with Gasteiger partial charge in [0.15, 0.2) is 22.6 Å². The van der Waals surface area contributed by atoms with Crippen molar-refractivity contribution < 1.29 is 9.47 Å². The Morgan fingerprint density at radius 2 is 1.93 bits per heavy atom. The summed E-state index contributed by atoms with van der Waals surface area (Å²) in [6.07, 6.45) is 3.34. The van der Waals surface area contributed by atoms with Crippen LogP contribution >= 0.6 is 11.6 Å². The Bertz CT molecular complexity index is 1070. The highest BCUT2D eigenvalue weighted by atomic mass is 35.5. The van der Waals surface area contributed by atoms with E-state index < -0.39 is 0 Å². The molecule has 9 heteroatoms. The van der Waals surface area contributed by atoms with Crippen molar-refractivity contribution in [2.45, 2.75) is 26.3 Å². The highest BCUT2D eigenvalue weighted by molar-refractivity contribution is 6.34. The maximum Gasteiger partial charge on any atom is 0.223 e. The van der Waals surface area contributed by atoms with Gasteiger partial charge in [0.2, 0.25) is 5.95 Å². The maximum absolute atomic E-state index is 12.8. The van der Waals surface area contributed by atoms with Crippen molar-refractivity contribution in [2.75, 3.05) is 20.0 Å². The summed E-state index contributed by atoms with van der Waals surface area (Å²) in [7, 11) is 3.10. The first-order valence-electron chi connectivity index (χ1n) is 8.28. The third-order valence-electron chi connectivity index (χ3n) is 4.20. The first-order chi connectivity index (χ1) is 12.8. The van der Waals surface area contributed by atoms with Crippen LogP contribution in [0.1, 0.15) is 31.0 Å². The number of nitrogens with zero attached hydrogens (tertiary/aromatic N) is 4. The standard InChI is InChI=1S/C18H20ClN5O3/c1-9(2)11-8-24(7-10-5-12(26-3)13(27-4)6-21-10)17-14(15(11)25)16(19)22-18(20)23-17/h5-6,8-9H,7H2,1-4H3,(H2,20,22,23). The largest absolute Gasteiger partial charge is 0.493 e. The van der Waals surface area contributed by atoms with E-state index in [2.05, 4.69) is 15.0 Å². The van der Waals surface area contributed by atoms with Gasteiger partial charge in [0.1, 0.15) is 10.5 Å². The molecule has 0 atom stereocenters. The second-order valence-electron chi connectivity index (χ2n) is 6.30. The van der Waals surface area contributed by atoms with Crippen LogP contribution in [0.4, 0.5) is 5.95 Å². The Morgan fingerprint density at radius 3 is 2.56 bits per heavy atom. The number of halogens is 1. The van der Waals surface area contributed by atoms with Gasteiger partial charge in [-0.05, 0) is 5.92 Å². The molecule has 8 nitrogen and oxygen atoms in total. The lowest BCUT2D eigenvalue weighted by Gasteiger charge is -2.15. The van der Waals surface area contributed by atoms with Crippen LogP contribution in [0.15, 0.2) is 23.3 Å². The topological polar surface area (TPSA) is 105 Å². The van der Waals surface area contributed by atoms with Crippen molar-refractivity contribution in [2.24, 2.45) is 0 Å². The highest BCUT2D eigenvalue weighted by Crippen LogP contribution is 2.27. The van der Waals surface area contributed by atoms with Crippen molar-refractivity contribution in [1.29, 1.82) is 0 Å². The van der Waals surface area contributed by atoms with Gasteiger partial charge in [-0.15, -0.1) is 0 Å². The van der Waals surface area contributed by atoms with Gasteiger partial charge in [-0.2, -0.15) is 4.98 Å². The number of nitrogen functional groups attached to an aromatic ring is 1. The molecule has 0 unspecified atom stereocenters. The number of fused-ring (bicyclic) bond motifs is 1. The molecule has 0 aromatic carbocycles. The van der Waals surface area contributed by atoms with Crippen LogP contribution in [0.3, 0.4) is 0 Å². The summed E-state index contributed by atoms with van der Waals surface area (Å²) in [6, 6.07) is 1.77. The number of nitrogens with two attached hydrogens (primary N) is 1. The van der Waals surface area contributed by atoms with Gasteiger partial charge in [0.05, 0.1) is 32.7 Å². The molecule has 3 aromatic heterocycles. The van der Waals surface area contributed by atoms with Crippen molar-refractivity contribution in [1.82, 2.24) is 19.5 Å². The normalized spacial score (nSPS) is 11.2. The van der Waals surface area contributed by atoms with Crippen molar-refractivity contribution in [3.05, 3.63) is 45.1 Å². The lowest BCUT2D eigenvalue weighted by Crippen LogP contribution is -2.19. The molecule has 0 amide bonds. The number of hydrogen-bond acceptors (Lipinski definition) is 7. The van der Waals surface area contributed by atoms with E-state index in [1.54, 1.807) is 37.2 Å². The molecular formula is C18H20ClN5O3. The summed E-state index contributed by atoms with van der Waals surface area (Å²) in [4.78, 5) is 25.4. The molecule has 3 aromatic rings. The third kappa shape index (κ3) is 3.52. The van der Waals surface area contributed by atoms with Gasteiger partial charge >= 0.3 is 0 Å². The van der Waals surface area contributed by atoms with Crippen LogP contribution in [0.25, 0.3) is 11.0 Å². The summed E-state index contributed by atoms with van der Waals surface area (Å²) < 4.78 is 12.3. The molecule has 3 heterocycles. The predicted molar refractivity (Wildman–Crippen MR) is 104 cm³/mol. The summed E-state index contributed by atoms with van der Waals surface area (Å²) in [6.45, 7) is 4.21. The number of pyridine rings is 2.